The van der Waals surface area contributed by atoms with Crippen molar-refractivity contribution in [3.8, 4) is 23.1 Å². The first kappa shape index (κ1) is 25.6. The smallest absolute Gasteiger partial charge is 0.354 e. The second-order valence-corrected chi connectivity index (χ2v) is 12.6. The van der Waals surface area contributed by atoms with Gasteiger partial charge < -0.3 is 10.2 Å². The van der Waals surface area contributed by atoms with Gasteiger partial charge in [-0.3, -0.25) is 0 Å². The summed E-state index contributed by atoms with van der Waals surface area (Å²) >= 11 is 0. The normalized spacial score (nSPS) is 19.3. The molecule has 0 spiro atoms. The van der Waals surface area contributed by atoms with Crippen molar-refractivity contribution >= 4 is 17.0 Å². The second kappa shape index (κ2) is 10.6. The highest BCUT2D eigenvalue weighted by Gasteiger charge is 2.40. The number of hydrogen-bond donors (Lipinski definition) is 2. The standard InChI is InChI=1S/C28H34N2O4S/c1-28(2,3)35(34)30-18-22-17-23(27(32)33)29-26(25(22)24(30)14-15-31)21-13-7-12-20(16-21)11-6-10-19-8-4-5-9-19/h7,12-13,16-17,19,24,31H,4-5,8-10,14-15,18H2,1-3H3,(H,32,33)/t24-,35?/m0/s1. The number of hydrogen-bond acceptors (Lipinski definition) is 4. The van der Waals surface area contributed by atoms with Crippen LogP contribution in [-0.2, 0) is 17.5 Å². The van der Waals surface area contributed by atoms with Crippen LogP contribution in [0.2, 0.25) is 0 Å². The molecule has 4 rings (SSSR count). The van der Waals surface area contributed by atoms with Crippen LogP contribution in [-0.4, -0.2) is 41.0 Å². The molecule has 7 heteroatoms. The molecule has 1 unspecified atom stereocenters. The van der Waals surface area contributed by atoms with Crippen LogP contribution in [0.25, 0.3) is 11.3 Å². The van der Waals surface area contributed by atoms with E-state index in [-0.39, 0.29) is 18.3 Å². The first-order chi connectivity index (χ1) is 16.7. The maximum absolute atomic E-state index is 13.4. The number of aliphatic hydroxyl groups excluding tert-OH is 1. The average Bonchev–Trinajstić information content (AvgIpc) is 3.46. The molecule has 2 atom stereocenters. The van der Waals surface area contributed by atoms with Crippen molar-refractivity contribution in [1.29, 1.82) is 0 Å². The Labute approximate surface area is 210 Å². The lowest BCUT2D eigenvalue weighted by atomic mass is 9.95. The van der Waals surface area contributed by atoms with Gasteiger partial charge in [-0.2, -0.15) is 0 Å². The van der Waals surface area contributed by atoms with Gasteiger partial charge in [0.25, 0.3) is 0 Å². The third-order valence-corrected chi connectivity index (χ3v) is 8.60. The zero-order valence-corrected chi connectivity index (χ0v) is 21.5. The molecule has 1 aromatic heterocycles. The van der Waals surface area contributed by atoms with Crippen LogP contribution in [0.15, 0.2) is 30.3 Å². The van der Waals surface area contributed by atoms with Crippen LogP contribution in [0.3, 0.4) is 0 Å². The van der Waals surface area contributed by atoms with E-state index in [9.17, 15) is 19.2 Å². The monoisotopic (exact) mass is 494 g/mol. The van der Waals surface area contributed by atoms with Gasteiger partial charge in [-0.1, -0.05) is 36.8 Å². The van der Waals surface area contributed by atoms with Crippen LogP contribution in [0.1, 0.15) is 92.5 Å². The summed E-state index contributed by atoms with van der Waals surface area (Å²) in [7, 11) is -1.34. The van der Waals surface area contributed by atoms with E-state index in [4.69, 9.17) is 0 Å². The highest BCUT2D eigenvalue weighted by molar-refractivity contribution is 7.84. The zero-order valence-electron chi connectivity index (χ0n) is 20.7. The lowest BCUT2D eigenvalue weighted by Gasteiger charge is -2.30. The molecule has 0 saturated heterocycles. The van der Waals surface area contributed by atoms with Crippen LogP contribution in [0.5, 0.6) is 0 Å². The molecule has 1 fully saturated rings. The van der Waals surface area contributed by atoms with Crippen molar-refractivity contribution in [1.82, 2.24) is 9.29 Å². The predicted molar refractivity (Wildman–Crippen MR) is 138 cm³/mol. The first-order valence-electron chi connectivity index (χ1n) is 12.3. The molecule has 1 saturated carbocycles. The van der Waals surface area contributed by atoms with Gasteiger partial charge in [0.2, 0.25) is 0 Å². The summed E-state index contributed by atoms with van der Waals surface area (Å²) in [5.41, 5.74) is 3.81. The Hall–Kier alpha value is -2.53. The van der Waals surface area contributed by atoms with Gasteiger partial charge in [0.05, 0.1) is 16.5 Å². The minimum Gasteiger partial charge on any atom is -0.477 e. The van der Waals surface area contributed by atoms with E-state index < -0.39 is 21.7 Å². The Morgan fingerprint density at radius 1 is 1.23 bits per heavy atom. The van der Waals surface area contributed by atoms with Crippen molar-refractivity contribution in [2.24, 2.45) is 5.92 Å². The van der Waals surface area contributed by atoms with E-state index in [1.165, 1.54) is 25.7 Å². The van der Waals surface area contributed by atoms with Crippen LogP contribution >= 0.6 is 0 Å². The minimum atomic E-state index is -1.34. The van der Waals surface area contributed by atoms with E-state index in [1.54, 1.807) is 6.07 Å². The fraction of sp³-hybridized carbons (Fsp3) is 0.500. The molecule has 1 aromatic carbocycles. The number of benzene rings is 1. The van der Waals surface area contributed by atoms with E-state index in [0.717, 1.165) is 28.7 Å². The summed E-state index contributed by atoms with van der Waals surface area (Å²) in [6.45, 7) is 6.02. The average molecular weight is 495 g/mol. The number of nitrogens with zero attached hydrogens (tertiary/aromatic N) is 2. The fourth-order valence-electron chi connectivity index (χ4n) is 5.05. The number of carbonyl (C=O) groups is 1. The molecule has 186 valence electrons. The molecule has 0 amide bonds. The van der Waals surface area contributed by atoms with E-state index in [0.29, 0.717) is 24.6 Å². The van der Waals surface area contributed by atoms with Gasteiger partial charge in [-0.25, -0.2) is 18.3 Å². The second-order valence-electron chi connectivity index (χ2n) is 10.4. The molecular weight excluding hydrogens is 460 g/mol. The first-order valence-corrected chi connectivity index (χ1v) is 13.5. The van der Waals surface area contributed by atoms with Crippen molar-refractivity contribution < 1.29 is 19.2 Å². The quantitative estimate of drug-likeness (QED) is 0.547. The molecule has 6 nitrogen and oxygen atoms in total. The number of aromatic nitrogens is 1. The van der Waals surface area contributed by atoms with Crippen LogP contribution < -0.4 is 0 Å². The lowest BCUT2D eigenvalue weighted by molar-refractivity contribution is 0.0690. The highest BCUT2D eigenvalue weighted by atomic mass is 32.2. The number of carboxylic acid groups (broad SMARTS) is 1. The number of fused-ring (bicyclic) bond motifs is 1. The maximum Gasteiger partial charge on any atom is 0.354 e. The van der Waals surface area contributed by atoms with Crippen LogP contribution in [0, 0.1) is 17.8 Å². The van der Waals surface area contributed by atoms with E-state index in [1.807, 2.05) is 49.3 Å². The van der Waals surface area contributed by atoms with Crippen molar-refractivity contribution in [3.05, 3.63) is 52.7 Å². The summed E-state index contributed by atoms with van der Waals surface area (Å²) in [4.78, 5) is 16.4. The molecular formula is C28H34N2O4S. The lowest BCUT2D eigenvalue weighted by Crippen LogP contribution is -2.36. The Kier molecular flexibility index (Phi) is 7.75. The molecule has 2 N–H and O–H groups in total. The minimum absolute atomic E-state index is 0.0392. The number of rotatable bonds is 6. The number of aliphatic hydroxyl groups is 1. The largest absolute Gasteiger partial charge is 0.477 e. The molecule has 1 aliphatic heterocycles. The van der Waals surface area contributed by atoms with Gasteiger partial charge in [0.15, 0.2) is 0 Å². The topological polar surface area (TPSA) is 90.7 Å². The molecule has 35 heavy (non-hydrogen) atoms. The fourth-order valence-corrected chi connectivity index (χ4v) is 6.46. The maximum atomic E-state index is 13.4. The molecule has 2 heterocycles. The van der Waals surface area contributed by atoms with Crippen LogP contribution in [0.4, 0.5) is 0 Å². The molecule has 0 bridgehead atoms. The zero-order chi connectivity index (χ0) is 25.2. The van der Waals surface area contributed by atoms with Crippen molar-refractivity contribution in [3.63, 3.8) is 0 Å². The van der Waals surface area contributed by atoms with Gasteiger partial charge in [-0.15, -0.1) is 0 Å². The Balaban J connectivity index is 1.76. The Bertz CT molecular complexity index is 1190. The number of carboxylic acids is 1. The van der Waals surface area contributed by atoms with E-state index in [2.05, 4.69) is 16.8 Å². The molecule has 2 aliphatic rings. The summed E-state index contributed by atoms with van der Waals surface area (Å²) in [5.74, 6) is 6.19. The van der Waals surface area contributed by atoms with Crippen molar-refractivity contribution in [2.75, 3.05) is 6.61 Å². The number of pyridine rings is 1. The SMILES string of the molecule is CC(C)(C)S(=O)N1Cc2cc(C(=O)O)nc(-c3cccc(C#CCC4CCCC4)c3)c2[C@@H]1CCO. The van der Waals surface area contributed by atoms with Crippen molar-refractivity contribution in [2.45, 2.75) is 76.6 Å². The van der Waals surface area contributed by atoms with Gasteiger partial charge in [-0.05, 0) is 69.7 Å². The van der Waals surface area contributed by atoms with E-state index >= 15 is 0 Å². The Morgan fingerprint density at radius 2 is 1.97 bits per heavy atom. The Morgan fingerprint density at radius 3 is 2.63 bits per heavy atom. The summed E-state index contributed by atoms with van der Waals surface area (Å²) in [6.07, 6.45) is 6.39. The molecule has 0 radical (unpaired) electrons. The summed E-state index contributed by atoms with van der Waals surface area (Å²) < 4.78 is 14.7. The number of aromatic carboxylic acids is 1. The van der Waals surface area contributed by atoms with Gasteiger partial charge in [0, 0.05) is 36.3 Å². The summed E-state index contributed by atoms with van der Waals surface area (Å²) in [6, 6.07) is 9.00. The highest BCUT2D eigenvalue weighted by Crippen LogP contribution is 2.44. The third-order valence-electron chi connectivity index (χ3n) is 6.74. The third kappa shape index (κ3) is 5.66. The predicted octanol–water partition coefficient (Wildman–Crippen LogP) is 5.08. The van der Waals surface area contributed by atoms with Gasteiger partial charge in [0.1, 0.15) is 16.7 Å². The summed E-state index contributed by atoms with van der Waals surface area (Å²) in [5, 5.41) is 19.6. The molecule has 1 aliphatic carbocycles. The molecule has 2 aromatic rings. The van der Waals surface area contributed by atoms with Gasteiger partial charge >= 0.3 is 5.97 Å².